The number of carbonyl (C=O) groups excluding carboxylic acids is 1. The summed E-state index contributed by atoms with van der Waals surface area (Å²) in [5.41, 5.74) is 3.90. The highest BCUT2D eigenvalue weighted by molar-refractivity contribution is 5.89. The van der Waals surface area contributed by atoms with E-state index in [4.69, 9.17) is 4.74 Å². The van der Waals surface area contributed by atoms with Crippen molar-refractivity contribution in [1.82, 2.24) is 5.32 Å². The number of urea groups is 1. The van der Waals surface area contributed by atoms with E-state index in [-0.39, 0.29) is 18.0 Å². The molecule has 0 saturated carbocycles. The number of nitrogens with zero attached hydrogens (tertiary/aromatic N) is 1. The van der Waals surface area contributed by atoms with Crippen molar-refractivity contribution in [2.45, 2.75) is 32.3 Å². The summed E-state index contributed by atoms with van der Waals surface area (Å²) in [7, 11) is 0. The number of rotatable bonds is 5. The fourth-order valence-electron chi connectivity index (χ4n) is 3.26. The second-order valence-corrected chi connectivity index (χ2v) is 8.37. The topological polar surface area (TPSA) is 73.8 Å². The third-order valence-corrected chi connectivity index (χ3v) is 5.12. The number of benzene rings is 2. The Balaban J connectivity index is 1.48. The maximum absolute atomic E-state index is 12.1. The summed E-state index contributed by atoms with van der Waals surface area (Å²) in [6.07, 6.45) is -0.761. The zero-order chi connectivity index (χ0) is 20.9. The number of ether oxygens (including phenoxy) is 1. The highest BCUT2D eigenvalue weighted by Gasteiger charge is 2.15. The van der Waals surface area contributed by atoms with Gasteiger partial charge in [0.15, 0.2) is 0 Å². The molecule has 2 aromatic carbocycles. The van der Waals surface area contributed by atoms with Crippen LogP contribution in [0.3, 0.4) is 0 Å². The molecule has 2 aromatic rings. The third-order valence-electron chi connectivity index (χ3n) is 5.12. The normalized spacial score (nSPS) is 15.7. The number of aliphatic hydroxyl groups excluding tert-OH is 1. The first-order chi connectivity index (χ1) is 13.8. The maximum Gasteiger partial charge on any atom is 0.319 e. The van der Waals surface area contributed by atoms with E-state index in [0.29, 0.717) is 0 Å². The van der Waals surface area contributed by atoms with Crippen LogP contribution in [0.2, 0.25) is 0 Å². The molecule has 1 unspecified atom stereocenters. The average molecular weight is 398 g/mol. The van der Waals surface area contributed by atoms with Crippen LogP contribution >= 0.6 is 0 Å². The minimum absolute atomic E-state index is 0.0717. The number of amides is 2. The van der Waals surface area contributed by atoms with E-state index >= 15 is 0 Å². The molecule has 0 bridgehead atoms. The van der Waals surface area contributed by atoms with E-state index in [9.17, 15) is 9.90 Å². The minimum atomic E-state index is -0.761. The molecule has 3 N–H and O–H groups in total. The van der Waals surface area contributed by atoms with E-state index in [1.54, 1.807) is 0 Å². The molecule has 0 aliphatic carbocycles. The third kappa shape index (κ3) is 5.95. The van der Waals surface area contributed by atoms with Crippen molar-refractivity contribution in [2.24, 2.45) is 0 Å². The molecule has 156 valence electrons. The van der Waals surface area contributed by atoms with Crippen molar-refractivity contribution in [2.75, 3.05) is 43.1 Å². The van der Waals surface area contributed by atoms with Crippen LogP contribution in [0.4, 0.5) is 16.2 Å². The second kappa shape index (κ2) is 9.29. The van der Waals surface area contributed by atoms with E-state index in [1.165, 1.54) is 5.56 Å². The van der Waals surface area contributed by atoms with Crippen molar-refractivity contribution >= 4 is 17.4 Å². The van der Waals surface area contributed by atoms with Gasteiger partial charge < -0.3 is 25.4 Å². The lowest BCUT2D eigenvalue weighted by molar-refractivity contribution is 0.122. The van der Waals surface area contributed by atoms with E-state index in [0.717, 1.165) is 43.2 Å². The molecule has 1 fully saturated rings. The molecule has 3 rings (SSSR count). The lowest BCUT2D eigenvalue weighted by Gasteiger charge is -2.29. The zero-order valence-corrected chi connectivity index (χ0v) is 17.4. The molecule has 6 nitrogen and oxygen atoms in total. The minimum Gasteiger partial charge on any atom is -0.387 e. The van der Waals surface area contributed by atoms with Gasteiger partial charge in [-0.2, -0.15) is 0 Å². The Bertz CT molecular complexity index is 792. The molecule has 6 heteroatoms. The van der Waals surface area contributed by atoms with E-state index in [2.05, 4.69) is 36.3 Å². The summed E-state index contributed by atoms with van der Waals surface area (Å²) < 4.78 is 5.37. The summed E-state index contributed by atoms with van der Waals surface area (Å²) in [6, 6.07) is 15.3. The van der Waals surface area contributed by atoms with E-state index < -0.39 is 6.10 Å². The van der Waals surface area contributed by atoms with Crippen molar-refractivity contribution in [3.05, 3.63) is 59.7 Å². The quantitative estimate of drug-likeness (QED) is 0.720. The molecule has 1 heterocycles. The van der Waals surface area contributed by atoms with Gasteiger partial charge in [-0.25, -0.2) is 4.79 Å². The van der Waals surface area contributed by atoms with Gasteiger partial charge in [0.05, 0.1) is 19.3 Å². The Hall–Kier alpha value is -2.57. The van der Waals surface area contributed by atoms with Crippen molar-refractivity contribution in [3.8, 4) is 0 Å². The Kier molecular flexibility index (Phi) is 6.77. The summed E-state index contributed by atoms with van der Waals surface area (Å²) in [4.78, 5) is 14.4. The first-order valence-corrected chi connectivity index (χ1v) is 10.1. The molecule has 0 radical (unpaired) electrons. The lowest BCUT2D eigenvalue weighted by atomic mass is 9.87. The molecule has 1 aliphatic rings. The Labute approximate surface area is 172 Å². The van der Waals surface area contributed by atoms with Gasteiger partial charge in [0.1, 0.15) is 0 Å². The van der Waals surface area contributed by atoms with Crippen LogP contribution in [0.1, 0.15) is 38.0 Å². The molecule has 0 spiro atoms. The predicted molar refractivity (Wildman–Crippen MR) is 117 cm³/mol. The van der Waals surface area contributed by atoms with Gasteiger partial charge >= 0.3 is 6.03 Å². The van der Waals surface area contributed by atoms with Gasteiger partial charge in [-0.05, 0) is 40.8 Å². The smallest absolute Gasteiger partial charge is 0.319 e. The molecule has 29 heavy (non-hydrogen) atoms. The van der Waals surface area contributed by atoms with Gasteiger partial charge in [0.2, 0.25) is 0 Å². The monoisotopic (exact) mass is 397 g/mol. The van der Waals surface area contributed by atoms with Crippen LogP contribution < -0.4 is 15.5 Å². The Morgan fingerprint density at radius 2 is 1.69 bits per heavy atom. The molecular formula is C23H31N3O3. The van der Waals surface area contributed by atoms with Gasteiger partial charge in [-0.3, -0.25) is 0 Å². The number of anilines is 2. The zero-order valence-electron chi connectivity index (χ0n) is 17.4. The number of aliphatic hydroxyl groups is 1. The van der Waals surface area contributed by atoms with Gasteiger partial charge in [-0.15, -0.1) is 0 Å². The maximum atomic E-state index is 12.1. The second-order valence-electron chi connectivity index (χ2n) is 8.37. The Morgan fingerprint density at radius 3 is 2.28 bits per heavy atom. The van der Waals surface area contributed by atoms with E-state index in [1.807, 2.05) is 48.5 Å². The standard InChI is InChI=1S/C23H31N3O3/c1-23(2,3)18-6-8-19(9-7-18)25-22(28)24-16-21(27)17-4-10-20(11-5-17)26-12-14-29-15-13-26/h4-11,21,27H,12-16H2,1-3H3,(H2,24,25,28). The average Bonchev–Trinajstić information content (AvgIpc) is 2.72. The molecule has 1 aliphatic heterocycles. The van der Waals surface area contributed by atoms with Crippen molar-refractivity contribution in [3.63, 3.8) is 0 Å². The van der Waals surface area contributed by atoms with Crippen LogP contribution in [-0.2, 0) is 10.2 Å². The number of morpholine rings is 1. The SMILES string of the molecule is CC(C)(C)c1ccc(NC(=O)NCC(O)c2ccc(N3CCOCC3)cc2)cc1. The first-order valence-electron chi connectivity index (χ1n) is 10.1. The van der Waals surface area contributed by atoms with Gasteiger partial charge in [0, 0.05) is 31.0 Å². The molecule has 1 atom stereocenters. The van der Waals surface area contributed by atoms with Crippen LogP contribution in [0.5, 0.6) is 0 Å². The number of hydrogen-bond donors (Lipinski definition) is 3. The Morgan fingerprint density at radius 1 is 1.07 bits per heavy atom. The largest absolute Gasteiger partial charge is 0.387 e. The first kappa shape index (κ1) is 21.1. The predicted octanol–water partition coefficient (Wildman–Crippen LogP) is 3.68. The summed E-state index contributed by atoms with van der Waals surface area (Å²) >= 11 is 0. The highest BCUT2D eigenvalue weighted by Crippen LogP contribution is 2.23. The van der Waals surface area contributed by atoms with Gasteiger partial charge in [-0.1, -0.05) is 45.0 Å². The van der Waals surface area contributed by atoms with Gasteiger partial charge in [0.25, 0.3) is 0 Å². The molecule has 2 amide bonds. The fourth-order valence-corrected chi connectivity index (χ4v) is 3.26. The number of nitrogens with one attached hydrogen (secondary N) is 2. The fraction of sp³-hybridized carbons (Fsp3) is 0.435. The molecule has 0 aromatic heterocycles. The summed E-state index contributed by atoms with van der Waals surface area (Å²) in [6.45, 7) is 9.82. The van der Waals surface area contributed by atoms with Crippen LogP contribution in [0.15, 0.2) is 48.5 Å². The number of hydrogen-bond acceptors (Lipinski definition) is 4. The number of carbonyl (C=O) groups is 1. The lowest BCUT2D eigenvalue weighted by Crippen LogP contribution is -2.36. The van der Waals surface area contributed by atoms with Crippen molar-refractivity contribution < 1.29 is 14.6 Å². The van der Waals surface area contributed by atoms with Crippen LogP contribution in [0, 0.1) is 0 Å². The van der Waals surface area contributed by atoms with Crippen LogP contribution in [0.25, 0.3) is 0 Å². The highest BCUT2D eigenvalue weighted by atomic mass is 16.5. The molecule has 1 saturated heterocycles. The van der Waals surface area contributed by atoms with Crippen molar-refractivity contribution in [1.29, 1.82) is 0 Å². The molecular weight excluding hydrogens is 366 g/mol. The summed E-state index contributed by atoms with van der Waals surface area (Å²) in [5.74, 6) is 0. The summed E-state index contributed by atoms with van der Waals surface area (Å²) in [5, 5.41) is 15.9. The van der Waals surface area contributed by atoms with Crippen LogP contribution in [-0.4, -0.2) is 44.0 Å².